The smallest absolute Gasteiger partial charge is 0.249 e. The van der Waals surface area contributed by atoms with E-state index in [1.165, 1.54) is 0 Å². The van der Waals surface area contributed by atoms with Crippen molar-refractivity contribution in [3.8, 4) is 0 Å². The SMILES string of the molecule is CC(CSCc1ccccc1)(NC(=O)Cc1ccccc1)C(=O)N1CCC2OCC(=O)[C@H]21. The van der Waals surface area contributed by atoms with Crippen LogP contribution in [0.25, 0.3) is 0 Å². The van der Waals surface area contributed by atoms with Crippen LogP contribution in [0.4, 0.5) is 0 Å². The molecule has 3 atom stereocenters. The van der Waals surface area contributed by atoms with Crippen LogP contribution in [0.1, 0.15) is 24.5 Å². The van der Waals surface area contributed by atoms with Gasteiger partial charge in [-0.05, 0) is 24.5 Å². The predicted octanol–water partition coefficient (Wildman–Crippen LogP) is 2.61. The largest absolute Gasteiger partial charge is 0.368 e. The van der Waals surface area contributed by atoms with E-state index in [2.05, 4.69) is 5.32 Å². The molecule has 2 aromatic carbocycles. The molecule has 2 aromatic rings. The molecule has 2 aliphatic rings. The third kappa shape index (κ3) is 5.05. The maximum Gasteiger partial charge on any atom is 0.249 e. The molecule has 0 aromatic heterocycles. The number of hydrogen-bond acceptors (Lipinski definition) is 5. The highest BCUT2D eigenvalue weighted by molar-refractivity contribution is 7.98. The molecule has 7 heteroatoms. The Morgan fingerprint density at radius 3 is 2.44 bits per heavy atom. The van der Waals surface area contributed by atoms with Crippen molar-refractivity contribution in [3.63, 3.8) is 0 Å². The average molecular weight is 453 g/mol. The lowest BCUT2D eigenvalue weighted by molar-refractivity contribution is -0.143. The molecule has 4 rings (SSSR count). The van der Waals surface area contributed by atoms with E-state index in [0.717, 1.165) is 16.9 Å². The standard InChI is InChI=1S/C25H28N2O4S/c1-25(17-32-16-19-10-6-3-7-11-19,26-22(29)14-18-8-4-2-5-9-18)24(30)27-13-12-21-23(27)20(28)15-31-21/h2-11,21,23H,12-17H2,1H3,(H,26,29)/t21?,23-,25?/m1/s1. The van der Waals surface area contributed by atoms with Gasteiger partial charge in [-0.1, -0.05) is 60.7 Å². The molecule has 1 N–H and O–H groups in total. The molecular formula is C25H28N2O4S. The van der Waals surface area contributed by atoms with E-state index >= 15 is 0 Å². The summed E-state index contributed by atoms with van der Waals surface area (Å²) in [5, 5.41) is 3.00. The summed E-state index contributed by atoms with van der Waals surface area (Å²) in [6.07, 6.45) is 0.613. The number of nitrogens with zero attached hydrogens (tertiary/aromatic N) is 1. The van der Waals surface area contributed by atoms with E-state index in [4.69, 9.17) is 4.74 Å². The zero-order valence-electron chi connectivity index (χ0n) is 18.2. The normalized spacial score (nSPS) is 21.8. The molecule has 0 aliphatic carbocycles. The second-order valence-corrected chi connectivity index (χ2v) is 9.55. The molecule has 2 fully saturated rings. The molecule has 168 valence electrons. The molecule has 2 heterocycles. The quantitative estimate of drug-likeness (QED) is 0.666. The highest BCUT2D eigenvalue weighted by Gasteiger charge is 2.50. The third-order valence-corrected chi connectivity index (χ3v) is 7.29. The molecule has 0 spiro atoms. The van der Waals surface area contributed by atoms with Crippen LogP contribution in [0.3, 0.4) is 0 Å². The van der Waals surface area contributed by atoms with Gasteiger partial charge in [0.1, 0.15) is 18.2 Å². The fraction of sp³-hybridized carbons (Fsp3) is 0.400. The van der Waals surface area contributed by atoms with Gasteiger partial charge >= 0.3 is 0 Å². The van der Waals surface area contributed by atoms with Crippen molar-refractivity contribution in [2.24, 2.45) is 0 Å². The van der Waals surface area contributed by atoms with Crippen LogP contribution in [0, 0.1) is 0 Å². The Labute approximate surface area is 192 Å². The minimum atomic E-state index is -1.12. The molecule has 2 amide bonds. The van der Waals surface area contributed by atoms with Crippen LogP contribution in [-0.4, -0.2) is 59.1 Å². The number of carbonyl (C=O) groups excluding carboxylic acids is 3. The molecule has 2 unspecified atom stereocenters. The number of ketones is 1. The van der Waals surface area contributed by atoms with Gasteiger partial charge < -0.3 is 15.0 Å². The van der Waals surface area contributed by atoms with Crippen LogP contribution < -0.4 is 5.32 Å². The van der Waals surface area contributed by atoms with Gasteiger partial charge in [0.2, 0.25) is 11.8 Å². The maximum atomic E-state index is 13.7. The van der Waals surface area contributed by atoms with Crippen LogP contribution in [0.5, 0.6) is 0 Å². The van der Waals surface area contributed by atoms with E-state index in [-0.39, 0.29) is 36.7 Å². The fourth-order valence-electron chi connectivity index (χ4n) is 4.37. The summed E-state index contributed by atoms with van der Waals surface area (Å²) in [6, 6.07) is 18.9. The number of rotatable bonds is 8. The molecular weight excluding hydrogens is 424 g/mol. The minimum Gasteiger partial charge on any atom is -0.368 e. The highest BCUT2D eigenvalue weighted by atomic mass is 32.2. The number of amides is 2. The Hall–Kier alpha value is -2.64. The lowest BCUT2D eigenvalue weighted by Gasteiger charge is -2.35. The second-order valence-electron chi connectivity index (χ2n) is 8.57. The molecule has 32 heavy (non-hydrogen) atoms. The lowest BCUT2D eigenvalue weighted by atomic mass is 10.0. The van der Waals surface area contributed by atoms with Crippen LogP contribution >= 0.6 is 11.8 Å². The Kier molecular flexibility index (Phi) is 6.96. The average Bonchev–Trinajstić information content (AvgIpc) is 3.37. The van der Waals surface area contributed by atoms with Gasteiger partial charge in [0.25, 0.3) is 0 Å². The van der Waals surface area contributed by atoms with Crippen molar-refractivity contribution in [1.82, 2.24) is 10.2 Å². The second kappa shape index (κ2) is 9.88. The number of fused-ring (bicyclic) bond motifs is 1. The summed E-state index contributed by atoms with van der Waals surface area (Å²) >= 11 is 1.60. The predicted molar refractivity (Wildman–Crippen MR) is 124 cm³/mol. The van der Waals surface area contributed by atoms with Crippen LogP contribution in [0.2, 0.25) is 0 Å². The first-order valence-corrected chi connectivity index (χ1v) is 12.0. The maximum absolute atomic E-state index is 13.7. The number of Topliss-reactive ketones (excluding diaryl/α,β-unsaturated/α-hetero) is 1. The summed E-state index contributed by atoms with van der Waals surface area (Å²) in [5.74, 6) is 0.648. The van der Waals surface area contributed by atoms with Gasteiger partial charge in [0.15, 0.2) is 5.78 Å². The van der Waals surface area contributed by atoms with Crippen LogP contribution in [-0.2, 0) is 31.3 Å². The fourth-order valence-corrected chi connectivity index (χ4v) is 5.50. The van der Waals surface area contributed by atoms with Crippen molar-refractivity contribution >= 4 is 29.4 Å². The Morgan fingerprint density at radius 1 is 1.09 bits per heavy atom. The van der Waals surface area contributed by atoms with Gasteiger partial charge in [-0.15, -0.1) is 0 Å². The molecule has 6 nitrogen and oxygen atoms in total. The van der Waals surface area contributed by atoms with E-state index in [1.807, 2.05) is 60.7 Å². The van der Waals surface area contributed by atoms with Crippen molar-refractivity contribution in [2.75, 3.05) is 18.9 Å². The first-order valence-electron chi connectivity index (χ1n) is 10.9. The lowest BCUT2D eigenvalue weighted by Crippen LogP contribution is -2.61. The van der Waals surface area contributed by atoms with Crippen molar-refractivity contribution in [3.05, 3.63) is 71.8 Å². The van der Waals surface area contributed by atoms with Crippen LogP contribution in [0.15, 0.2) is 60.7 Å². The number of carbonyl (C=O) groups is 3. The first kappa shape index (κ1) is 22.6. The van der Waals surface area contributed by atoms with Gasteiger partial charge in [-0.3, -0.25) is 14.4 Å². The molecule has 0 saturated carbocycles. The topological polar surface area (TPSA) is 75.7 Å². The monoisotopic (exact) mass is 452 g/mol. The van der Waals surface area contributed by atoms with Gasteiger partial charge in [0.05, 0.1) is 12.5 Å². The third-order valence-electron chi connectivity index (χ3n) is 5.97. The number of ether oxygens (including phenoxy) is 1. The summed E-state index contributed by atoms with van der Waals surface area (Å²) in [6.45, 7) is 2.29. The van der Waals surface area contributed by atoms with Crippen molar-refractivity contribution in [2.45, 2.75) is 43.2 Å². The zero-order chi connectivity index (χ0) is 22.6. The summed E-state index contributed by atoms with van der Waals surface area (Å²) in [4.78, 5) is 40.5. The molecule has 0 radical (unpaired) electrons. The van der Waals surface area contributed by atoms with Gasteiger partial charge in [-0.25, -0.2) is 0 Å². The zero-order valence-corrected chi connectivity index (χ0v) is 19.0. The van der Waals surface area contributed by atoms with Gasteiger partial charge in [0, 0.05) is 18.1 Å². The van der Waals surface area contributed by atoms with E-state index < -0.39 is 11.6 Å². The minimum absolute atomic E-state index is 0.0545. The molecule has 0 bridgehead atoms. The summed E-state index contributed by atoms with van der Waals surface area (Å²) in [7, 11) is 0. The number of benzene rings is 2. The summed E-state index contributed by atoms with van der Waals surface area (Å²) in [5.41, 5.74) is 0.921. The summed E-state index contributed by atoms with van der Waals surface area (Å²) < 4.78 is 5.55. The van der Waals surface area contributed by atoms with Crippen molar-refractivity contribution in [1.29, 1.82) is 0 Å². The van der Waals surface area contributed by atoms with E-state index in [1.54, 1.807) is 23.6 Å². The van der Waals surface area contributed by atoms with E-state index in [9.17, 15) is 14.4 Å². The number of thioether (sulfide) groups is 1. The number of nitrogens with one attached hydrogen (secondary N) is 1. The molecule has 2 saturated heterocycles. The molecule has 2 aliphatic heterocycles. The Morgan fingerprint density at radius 2 is 1.75 bits per heavy atom. The number of hydrogen-bond donors (Lipinski definition) is 1. The Balaban J connectivity index is 1.49. The highest BCUT2D eigenvalue weighted by Crippen LogP contribution is 2.30. The number of likely N-dealkylation sites (tertiary alicyclic amines) is 1. The Bertz CT molecular complexity index is 968. The van der Waals surface area contributed by atoms with E-state index in [0.29, 0.717) is 18.7 Å². The van der Waals surface area contributed by atoms with Crippen molar-refractivity contribution < 1.29 is 19.1 Å². The first-order chi connectivity index (χ1) is 15.5. The van der Waals surface area contributed by atoms with Gasteiger partial charge in [-0.2, -0.15) is 11.8 Å².